The molecule has 0 atom stereocenters. The lowest BCUT2D eigenvalue weighted by Crippen LogP contribution is -2.40. The summed E-state index contributed by atoms with van der Waals surface area (Å²) in [6, 6.07) is 9.12. The van der Waals surface area contributed by atoms with Crippen LogP contribution in [0, 0.1) is 0 Å². The van der Waals surface area contributed by atoms with Crippen molar-refractivity contribution in [3.63, 3.8) is 0 Å². The molecule has 2 N–H and O–H groups in total. The Morgan fingerprint density at radius 3 is 2.62 bits per heavy atom. The van der Waals surface area contributed by atoms with Gasteiger partial charge in [-0.05, 0) is 24.3 Å². The minimum Gasteiger partial charge on any atom is -0.434 e. The van der Waals surface area contributed by atoms with Crippen LogP contribution in [-0.4, -0.2) is 23.4 Å². The molecule has 124 valence electrons. The van der Waals surface area contributed by atoms with Crippen LogP contribution in [0.3, 0.4) is 0 Å². The van der Waals surface area contributed by atoms with Gasteiger partial charge in [-0.25, -0.2) is 0 Å². The fraction of sp³-hybridized carbons (Fsp3) is 0.0625. The van der Waals surface area contributed by atoms with Crippen LogP contribution < -0.4 is 15.6 Å². The van der Waals surface area contributed by atoms with Gasteiger partial charge in [0.05, 0.1) is 5.56 Å². The number of rotatable bonds is 5. The van der Waals surface area contributed by atoms with E-state index >= 15 is 0 Å². The van der Waals surface area contributed by atoms with Gasteiger partial charge < -0.3 is 4.74 Å². The maximum atomic E-state index is 12.3. The average molecular weight is 333 g/mol. The Morgan fingerprint density at radius 2 is 1.92 bits per heavy atom. The molecule has 0 aliphatic carbocycles. The zero-order valence-electron chi connectivity index (χ0n) is 12.3. The lowest BCUT2D eigenvalue weighted by atomic mass is 10.2. The van der Waals surface area contributed by atoms with Gasteiger partial charge in [0.1, 0.15) is 5.75 Å². The highest BCUT2D eigenvalue weighted by Gasteiger charge is 2.08. The summed E-state index contributed by atoms with van der Waals surface area (Å²) in [5, 5.41) is 0. The first-order chi connectivity index (χ1) is 11.6. The Hall–Kier alpha value is -3.29. The lowest BCUT2D eigenvalue weighted by Gasteiger charge is -2.07. The van der Waals surface area contributed by atoms with E-state index in [0.29, 0.717) is 5.56 Å². The number of halogens is 2. The molecule has 0 radical (unpaired) electrons. The number of hydrazine groups is 1. The molecule has 2 amide bonds. The number of benzene rings is 1. The molecule has 0 fully saturated rings. The highest BCUT2D eigenvalue weighted by Crippen LogP contribution is 2.21. The molecule has 0 bridgehead atoms. The average Bonchev–Trinajstić information content (AvgIpc) is 2.59. The van der Waals surface area contributed by atoms with Crippen molar-refractivity contribution in [2.75, 3.05) is 0 Å². The van der Waals surface area contributed by atoms with Gasteiger partial charge >= 0.3 is 6.61 Å². The van der Waals surface area contributed by atoms with Crippen LogP contribution in [0.25, 0.3) is 6.08 Å². The summed E-state index contributed by atoms with van der Waals surface area (Å²) in [6.45, 7) is -2.97. The van der Waals surface area contributed by atoms with Gasteiger partial charge in [0, 0.05) is 24.0 Å². The molecule has 2 rings (SSSR count). The normalized spacial score (nSPS) is 10.6. The van der Waals surface area contributed by atoms with E-state index in [0.717, 1.165) is 6.08 Å². The van der Waals surface area contributed by atoms with Gasteiger partial charge in [-0.15, -0.1) is 0 Å². The van der Waals surface area contributed by atoms with E-state index in [2.05, 4.69) is 20.6 Å². The molecule has 8 heteroatoms. The quantitative estimate of drug-likeness (QED) is 0.649. The molecule has 0 saturated carbocycles. The first-order valence-electron chi connectivity index (χ1n) is 6.78. The van der Waals surface area contributed by atoms with Crippen molar-refractivity contribution >= 4 is 17.9 Å². The number of hydrogen-bond donors (Lipinski definition) is 2. The van der Waals surface area contributed by atoms with Gasteiger partial charge in [-0.2, -0.15) is 8.78 Å². The Balaban J connectivity index is 1.93. The number of nitrogens with zero attached hydrogens (tertiary/aromatic N) is 1. The van der Waals surface area contributed by atoms with Crippen LogP contribution in [0.15, 0.2) is 54.9 Å². The number of carbonyl (C=O) groups excluding carboxylic acids is 2. The molecule has 0 unspecified atom stereocenters. The minimum absolute atomic E-state index is 0.0593. The number of pyridine rings is 1. The van der Waals surface area contributed by atoms with E-state index in [1.807, 2.05) is 0 Å². The third kappa shape index (κ3) is 5.16. The summed E-state index contributed by atoms with van der Waals surface area (Å²) in [5.74, 6) is -1.23. The second-order valence-corrected chi connectivity index (χ2v) is 4.43. The molecule has 0 saturated heterocycles. The van der Waals surface area contributed by atoms with Crippen LogP contribution in [0.2, 0.25) is 0 Å². The fourth-order valence-electron chi connectivity index (χ4n) is 1.72. The number of alkyl halides is 2. The number of aromatic nitrogens is 1. The maximum absolute atomic E-state index is 12.3. The Kier molecular flexibility index (Phi) is 5.95. The zero-order valence-corrected chi connectivity index (χ0v) is 12.3. The molecule has 0 spiro atoms. The molecule has 1 aromatic heterocycles. The predicted octanol–water partition coefficient (Wildman–Crippen LogP) is 2.16. The summed E-state index contributed by atoms with van der Waals surface area (Å²) >= 11 is 0. The first-order valence-corrected chi connectivity index (χ1v) is 6.78. The summed E-state index contributed by atoms with van der Waals surface area (Å²) in [5.41, 5.74) is 4.94. The molecule has 0 aliphatic rings. The first kappa shape index (κ1) is 17.1. The SMILES string of the molecule is O=C(C=Cc1ccccc1OC(F)F)NNC(=O)c1cccnc1. The van der Waals surface area contributed by atoms with Crippen LogP contribution in [0.4, 0.5) is 8.78 Å². The maximum Gasteiger partial charge on any atom is 0.387 e. The van der Waals surface area contributed by atoms with Crippen molar-refractivity contribution in [2.45, 2.75) is 6.61 Å². The highest BCUT2D eigenvalue weighted by molar-refractivity contribution is 5.97. The van der Waals surface area contributed by atoms with Crippen molar-refractivity contribution in [1.82, 2.24) is 15.8 Å². The summed E-state index contributed by atoms with van der Waals surface area (Å²) in [4.78, 5) is 27.2. The van der Waals surface area contributed by atoms with Crippen LogP contribution in [0.1, 0.15) is 15.9 Å². The Morgan fingerprint density at radius 1 is 1.12 bits per heavy atom. The highest BCUT2D eigenvalue weighted by atomic mass is 19.3. The zero-order chi connectivity index (χ0) is 17.4. The smallest absolute Gasteiger partial charge is 0.387 e. The van der Waals surface area contributed by atoms with Gasteiger partial charge in [-0.1, -0.05) is 18.2 Å². The van der Waals surface area contributed by atoms with Crippen molar-refractivity contribution in [2.24, 2.45) is 0 Å². The van der Waals surface area contributed by atoms with Gasteiger partial charge in [0.2, 0.25) is 0 Å². The van der Waals surface area contributed by atoms with Gasteiger partial charge in [0.25, 0.3) is 11.8 Å². The predicted molar refractivity (Wildman–Crippen MR) is 82.0 cm³/mol. The topological polar surface area (TPSA) is 80.3 Å². The van der Waals surface area contributed by atoms with Crippen molar-refractivity contribution < 1.29 is 23.1 Å². The number of nitrogens with one attached hydrogen (secondary N) is 2. The van der Waals surface area contributed by atoms with Crippen LogP contribution in [-0.2, 0) is 4.79 Å². The number of para-hydroxylation sites is 1. The Bertz CT molecular complexity index is 736. The van der Waals surface area contributed by atoms with Crippen molar-refractivity contribution in [1.29, 1.82) is 0 Å². The molecule has 1 aromatic carbocycles. The van der Waals surface area contributed by atoms with E-state index in [1.165, 1.54) is 42.7 Å². The summed E-state index contributed by atoms with van der Waals surface area (Å²) in [7, 11) is 0. The molecule has 1 heterocycles. The van der Waals surface area contributed by atoms with Gasteiger partial charge in [-0.3, -0.25) is 25.4 Å². The monoisotopic (exact) mass is 333 g/mol. The molecule has 6 nitrogen and oxygen atoms in total. The van der Waals surface area contributed by atoms with Crippen molar-refractivity contribution in [3.8, 4) is 5.75 Å². The fourth-order valence-corrected chi connectivity index (χ4v) is 1.72. The van der Waals surface area contributed by atoms with E-state index in [1.54, 1.807) is 12.1 Å². The number of amides is 2. The Labute approximate surface area is 136 Å². The third-order valence-corrected chi connectivity index (χ3v) is 2.77. The standard InChI is InChI=1S/C16H13F2N3O3/c17-16(18)24-13-6-2-1-4-11(13)7-8-14(22)20-21-15(23)12-5-3-9-19-10-12/h1-10,16H,(H,20,22)(H,21,23). The van der Waals surface area contributed by atoms with Gasteiger partial charge in [0.15, 0.2) is 0 Å². The second-order valence-electron chi connectivity index (χ2n) is 4.43. The third-order valence-electron chi connectivity index (χ3n) is 2.77. The van der Waals surface area contributed by atoms with E-state index in [-0.39, 0.29) is 11.3 Å². The number of carbonyl (C=O) groups is 2. The van der Waals surface area contributed by atoms with Crippen molar-refractivity contribution in [3.05, 3.63) is 66.0 Å². The summed E-state index contributed by atoms with van der Waals surface area (Å²) < 4.78 is 28.9. The van der Waals surface area contributed by atoms with E-state index in [4.69, 9.17) is 0 Å². The molecule has 2 aromatic rings. The van der Waals surface area contributed by atoms with Crippen LogP contribution in [0.5, 0.6) is 5.75 Å². The van der Waals surface area contributed by atoms with Crippen LogP contribution >= 0.6 is 0 Å². The van der Waals surface area contributed by atoms with E-state index < -0.39 is 18.4 Å². The minimum atomic E-state index is -2.97. The molecular formula is C16H13F2N3O3. The number of ether oxygens (including phenoxy) is 1. The lowest BCUT2D eigenvalue weighted by molar-refractivity contribution is -0.117. The molecule has 0 aliphatic heterocycles. The summed E-state index contributed by atoms with van der Waals surface area (Å²) in [6.07, 6.45) is 5.23. The van der Waals surface area contributed by atoms with E-state index in [9.17, 15) is 18.4 Å². The largest absolute Gasteiger partial charge is 0.434 e. The second kappa shape index (κ2) is 8.37. The molecule has 24 heavy (non-hydrogen) atoms. The molecular weight excluding hydrogens is 320 g/mol. The number of hydrogen-bond acceptors (Lipinski definition) is 4.